The smallest absolute Gasteiger partial charge is 0.0664 e. The second-order valence-corrected chi connectivity index (χ2v) is 10.2. The van der Waals surface area contributed by atoms with Crippen LogP contribution in [0.15, 0.2) is 42.1 Å². The Hall–Kier alpha value is -1.41. The van der Waals surface area contributed by atoms with Gasteiger partial charge in [-0.15, -0.1) is 0 Å². The number of rotatable bonds is 1. The van der Waals surface area contributed by atoms with Crippen LogP contribution in [-0.4, -0.2) is 16.2 Å². The molecule has 5 rings (SSSR count). The van der Waals surface area contributed by atoms with Gasteiger partial charge in [-0.05, 0) is 90.7 Å². The molecule has 1 aromatic heterocycles. The lowest BCUT2D eigenvalue weighted by Gasteiger charge is -2.59. The molecule has 0 aliphatic heterocycles. The maximum atomic E-state index is 10.2. The van der Waals surface area contributed by atoms with Crippen molar-refractivity contribution in [3.63, 3.8) is 0 Å². The second-order valence-electron chi connectivity index (χ2n) is 10.2. The molecule has 27 heavy (non-hydrogen) atoms. The van der Waals surface area contributed by atoms with Crippen molar-refractivity contribution in [2.24, 2.45) is 34.5 Å². The Morgan fingerprint density at radius 2 is 1.89 bits per heavy atom. The Morgan fingerprint density at radius 3 is 2.67 bits per heavy atom. The Morgan fingerprint density at radius 1 is 1.07 bits per heavy atom. The number of aromatic nitrogens is 1. The lowest BCUT2D eigenvalue weighted by atomic mass is 9.45. The number of fused-ring (bicyclic) bond motifs is 5. The van der Waals surface area contributed by atoms with Gasteiger partial charge in [0.2, 0.25) is 0 Å². The van der Waals surface area contributed by atoms with Crippen molar-refractivity contribution in [3.05, 3.63) is 47.8 Å². The van der Waals surface area contributed by atoms with E-state index >= 15 is 0 Å². The van der Waals surface area contributed by atoms with Crippen molar-refractivity contribution >= 4 is 5.57 Å². The van der Waals surface area contributed by atoms with Gasteiger partial charge in [-0.1, -0.05) is 44.6 Å². The number of nitrogens with zero attached hydrogens (tertiary/aromatic N) is 1. The second kappa shape index (κ2) is 6.04. The molecule has 2 unspecified atom stereocenters. The highest BCUT2D eigenvalue weighted by atomic mass is 16.3. The maximum Gasteiger partial charge on any atom is 0.0664 e. The van der Waals surface area contributed by atoms with E-state index in [1.54, 1.807) is 5.57 Å². The zero-order valence-corrected chi connectivity index (χ0v) is 17.0. The summed E-state index contributed by atoms with van der Waals surface area (Å²) in [4.78, 5) is 4.70. The molecule has 144 valence electrons. The minimum Gasteiger partial charge on any atom is -0.393 e. The Bertz CT molecular complexity index is 796. The van der Waals surface area contributed by atoms with Gasteiger partial charge in [0.05, 0.1) is 11.8 Å². The molecule has 0 spiro atoms. The van der Waals surface area contributed by atoms with E-state index < -0.39 is 0 Å². The summed E-state index contributed by atoms with van der Waals surface area (Å²) < 4.78 is 0. The van der Waals surface area contributed by atoms with Crippen molar-refractivity contribution in [2.75, 3.05) is 0 Å². The van der Waals surface area contributed by atoms with E-state index in [1.807, 2.05) is 12.3 Å². The van der Waals surface area contributed by atoms with Crippen molar-refractivity contribution in [1.29, 1.82) is 0 Å². The van der Waals surface area contributed by atoms with E-state index in [0.717, 1.165) is 37.0 Å². The van der Waals surface area contributed by atoms with Gasteiger partial charge >= 0.3 is 0 Å². The molecule has 1 heterocycles. The number of aliphatic hydroxyl groups is 1. The normalized spacial score (nSPS) is 46.0. The molecule has 0 amide bonds. The Kier molecular flexibility index (Phi) is 3.95. The molecule has 1 N–H and O–H groups in total. The van der Waals surface area contributed by atoms with Gasteiger partial charge in [-0.2, -0.15) is 0 Å². The van der Waals surface area contributed by atoms with Crippen LogP contribution in [0.2, 0.25) is 0 Å². The zero-order valence-electron chi connectivity index (χ0n) is 17.0. The highest BCUT2D eigenvalue weighted by Gasteiger charge is 2.58. The number of hydrogen-bond acceptors (Lipinski definition) is 2. The molecule has 4 aliphatic carbocycles. The average molecular weight is 364 g/mol. The molecular weight excluding hydrogens is 330 g/mol. The molecule has 4 aliphatic rings. The predicted octanol–water partition coefficient (Wildman–Crippen LogP) is 5.64. The summed E-state index contributed by atoms with van der Waals surface area (Å²) in [6.07, 6.45) is 13.7. The summed E-state index contributed by atoms with van der Waals surface area (Å²) in [6, 6.07) is 6.33. The fourth-order valence-corrected chi connectivity index (χ4v) is 7.49. The molecule has 0 aromatic carbocycles. The first kappa shape index (κ1) is 17.7. The van der Waals surface area contributed by atoms with Crippen LogP contribution in [0, 0.1) is 34.5 Å². The Balaban J connectivity index is 1.52. The minimum absolute atomic E-state index is 0.120. The number of allylic oxidation sites excluding steroid dienone is 3. The minimum atomic E-state index is -0.120. The van der Waals surface area contributed by atoms with E-state index in [0.29, 0.717) is 11.3 Å². The third kappa shape index (κ3) is 2.45. The number of pyridine rings is 1. The number of hydrogen-bond donors (Lipinski definition) is 1. The van der Waals surface area contributed by atoms with Gasteiger partial charge in [-0.25, -0.2) is 0 Å². The highest BCUT2D eigenvalue weighted by Crippen LogP contribution is 2.67. The van der Waals surface area contributed by atoms with Crippen LogP contribution in [0.5, 0.6) is 0 Å². The molecule has 2 saturated carbocycles. The topological polar surface area (TPSA) is 33.1 Å². The highest BCUT2D eigenvalue weighted by molar-refractivity contribution is 5.70. The van der Waals surface area contributed by atoms with E-state index in [4.69, 9.17) is 4.98 Å². The summed E-state index contributed by atoms with van der Waals surface area (Å²) in [5.74, 6) is 2.87. The maximum absolute atomic E-state index is 10.2. The summed E-state index contributed by atoms with van der Waals surface area (Å²) in [5.41, 5.74) is 4.82. The van der Waals surface area contributed by atoms with Gasteiger partial charge in [-0.3, -0.25) is 4.98 Å². The lowest BCUT2D eigenvalue weighted by Crippen LogP contribution is -2.52. The van der Waals surface area contributed by atoms with Crippen LogP contribution >= 0.6 is 0 Å². The fourth-order valence-electron chi connectivity index (χ4n) is 7.49. The van der Waals surface area contributed by atoms with Crippen molar-refractivity contribution in [2.45, 2.75) is 65.4 Å². The van der Waals surface area contributed by atoms with Crippen LogP contribution in [0.25, 0.3) is 5.57 Å². The van der Waals surface area contributed by atoms with Gasteiger partial charge < -0.3 is 5.11 Å². The lowest BCUT2D eigenvalue weighted by molar-refractivity contribution is -0.0426. The van der Waals surface area contributed by atoms with E-state index in [-0.39, 0.29) is 11.5 Å². The van der Waals surface area contributed by atoms with E-state index in [1.165, 1.54) is 30.5 Å². The average Bonchev–Trinajstić information content (AvgIpc) is 3.01. The van der Waals surface area contributed by atoms with Gasteiger partial charge in [0.1, 0.15) is 0 Å². The quantitative estimate of drug-likeness (QED) is 0.655. The molecule has 2 fully saturated rings. The molecule has 0 radical (unpaired) electrons. The largest absolute Gasteiger partial charge is 0.393 e. The third-order valence-corrected chi connectivity index (χ3v) is 8.93. The summed E-state index contributed by atoms with van der Waals surface area (Å²) in [5, 5.41) is 10.2. The third-order valence-electron chi connectivity index (χ3n) is 8.93. The van der Waals surface area contributed by atoms with Gasteiger partial charge in [0.25, 0.3) is 0 Å². The molecule has 0 saturated heterocycles. The van der Waals surface area contributed by atoms with E-state index in [2.05, 4.69) is 45.1 Å². The summed E-state index contributed by atoms with van der Waals surface area (Å²) >= 11 is 0. The molecular formula is C25H33NO. The SMILES string of the molecule is CC1C=C2CC(O)CC[C@]2(C)[C@@H]2CC[C@]3(C)C(c4ccccn4)=CC[C@H]3[C@H]12. The predicted molar refractivity (Wildman–Crippen MR) is 110 cm³/mol. The van der Waals surface area contributed by atoms with Crippen molar-refractivity contribution < 1.29 is 5.11 Å². The van der Waals surface area contributed by atoms with Crippen molar-refractivity contribution in [3.8, 4) is 0 Å². The molecule has 7 atom stereocenters. The van der Waals surface area contributed by atoms with Crippen molar-refractivity contribution in [1.82, 2.24) is 4.98 Å². The van der Waals surface area contributed by atoms with E-state index in [9.17, 15) is 5.11 Å². The van der Waals surface area contributed by atoms with Gasteiger partial charge in [0.15, 0.2) is 0 Å². The number of aliphatic hydroxyl groups excluding tert-OH is 1. The molecule has 0 bridgehead atoms. The summed E-state index contributed by atoms with van der Waals surface area (Å²) in [7, 11) is 0. The fraction of sp³-hybridized carbons (Fsp3) is 0.640. The van der Waals surface area contributed by atoms with Crippen LogP contribution in [0.1, 0.15) is 65.0 Å². The molecule has 1 aromatic rings. The Labute approximate surface area is 163 Å². The molecule has 2 nitrogen and oxygen atoms in total. The van der Waals surface area contributed by atoms with Crippen LogP contribution in [0.4, 0.5) is 0 Å². The van der Waals surface area contributed by atoms with Crippen LogP contribution in [-0.2, 0) is 0 Å². The van der Waals surface area contributed by atoms with Crippen LogP contribution in [0.3, 0.4) is 0 Å². The first-order chi connectivity index (χ1) is 12.9. The monoisotopic (exact) mass is 363 g/mol. The summed E-state index contributed by atoms with van der Waals surface area (Å²) in [6.45, 7) is 7.47. The van der Waals surface area contributed by atoms with Gasteiger partial charge in [0, 0.05) is 6.20 Å². The first-order valence-electron chi connectivity index (χ1n) is 10.9. The zero-order chi connectivity index (χ0) is 18.8. The first-order valence-corrected chi connectivity index (χ1v) is 10.9. The molecule has 2 heteroatoms. The standard InChI is InChI=1S/C25H33NO/c1-16-14-17-15-18(27)9-11-24(17,2)21-10-12-25(3)19(7-8-20(25)23(16)21)22-6-4-5-13-26-22/h4-7,13-14,16,18,20-21,23,27H,8-12,15H2,1-3H3/t16?,18?,20-,21+,23-,24-,25+/m0/s1. The van der Waals surface area contributed by atoms with Crippen LogP contribution < -0.4 is 0 Å².